The van der Waals surface area contributed by atoms with Gasteiger partial charge in [0.25, 0.3) is 0 Å². The third kappa shape index (κ3) is 7.07. The van der Waals surface area contributed by atoms with Gasteiger partial charge in [0.05, 0.1) is 11.5 Å². The van der Waals surface area contributed by atoms with E-state index in [1.807, 2.05) is 0 Å². The molecule has 24 heavy (non-hydrogen) atoms. The number of hydrogen-bond donors (Lipinski definition) is 2. The minimum atomic E-state index is -3.18. The van der Waals surface area contributed by atoms with Crippen LogP contribution < -0.4 is 15.4 Å². The van der Waals surface area contributed by atoms with Gasteiger partial charge in [0.2, 0.25) is 5.91 Å². The number of amides is 1. The highest BCUT2D eigenvalue weighted by Gasteiger charge is 2.14. The van der Waals surface area contributed by atoms with E-state index in [4.69, 9.17) is 4.74 Å². The van der Waals surface area contributed by atoms with Crippen molar-refractivity contribution in [1.29, 1.82) is 0 Å². The number of benzene rings is 1. The Labute approximate surface area is 149 Å². The smallest absolute Gasteiger partial charge is 0.220 e. The lowest BCUT2D eigenvalue weighted by atomic mass is 10.1. The van der Waals surface area contributed by atoms with E-state index in [1.165, 1.54) is 18.4 Å². The topological polar surface area (TPSA) is 84.5 Å². The van der Waals surface area contributed by atoms with Crippen molar-refractivity contribution in [3.05, 3.63) is 24.3 Å². The van der Waals surface area contributed by atoms with E-state index in [-0.39, 0.29) is 29.3 Å². The van der Waals surface area contributed by atoms with Crippen LogP contribution in [0.3, 0.4) is 0 Å². The van der Waals surface area contributed by atoms with Gasteiger partial charge in [-0.3, -0.25) is 4.79 Å². The summed E-state index contributed by atoms with van der Waals surface area (Å²) in [5.41, 5.74) is 0. The number of halogens is 1. The number of hydrogen-bond acceptors (Lipinski definition) is 5. The van der Waals surface area contributed by atoms with Crippen LogP contribution in [0.1, 0.15) is 25.7 Å². The molecule has 1 fully saturated rings. The van der Waals surface area contributed by atoms with Crippen molar-refractivity contribution >= 4 is 28.2 Å². The van der Waals surface area contributed by atoms with E-state index in [9.17, 15) is 13.2 Å². The van der Waals surface area contributed by atoms with Crippen LogP contribution >= 0.6 is 12.4 Å². The lowest BCUT2D eigenvalue weighted by Crippen LogP contribution is -2.45. The second-order valence-electron chi connectivity index (χ2n) is 5.81. The zero-order chi connectivity index (χ0) is 16.7. The first kappa shape index (κ1) is 20.7. The Morgan fingerprint density at radius 1 is 1.33 bits per heavy atom. The van der Waals surface area contributed by atoms with Crippen LogP contribution in [0.5, 0.6) is 5.75 Å². The molecule has 0 aromatic heterocycles. The summed E-state index contributed by atoms with van der Waals surface area (Å²) in [5.74, 6) is 0.656. The molecule has 1 atom stereocenters. The number of sulfone groups is 1. The molecule has 0 saturated carbocycles. The molecule has 1 aliphatic heterocycles. The van der Waals surface area contributed by atoms with Crippen LogP contribution in [-0.2, 0) is 14.6 Å². The molecule has 1 heterocycles. The van der Waals surface area contributed by atoms with Crippen molar-refractivity contribution < 1.29 is 17.9 Å². The molecule has 0 aliphatic carbocycles. The first-order valence-corrected chi connectivity index (χ1v) is 9.77. The zero-order valence-corrected chi connectivity index (χ0v) is 15.4. The van der Waals surface area contributed by atoms with Crippen molar-refractivity contribution in [2.45, 2.75) is 36.6 Å². The summed E-state index contributed by atoms with van der Waals surface area (Å²) in [6, 6.07) is 6.54. The van der Waals surface area contributed by atoms with E-state index in [1.54, 1.807) is 12.1 Å². The summed E-state index contributed by atoms with van der Waals surface area (Å²) in [6.45, 7) is 2.29. The average molecular weight is 377 g/mol. The van der Waals surface area contributed by atoms with E-state index in [0.717, 1.165) is 25.9 Å². The SMILES string of the molecule is CS(=O)(=O)c1ccc(OCCCC(=O)NC2CCCNC2)cc1.Cl. The van der Waals surface area contributed by atoms with Gasteiger partial charge >= 0.3 is 0 Å². The fourth-order valence-electron chi connectivity index (χ4n) is 2.48. The molecule has 2 rings (SSSR count). The molecular weight excluding hydrogens is 352 g/mol. The zero-order valence-electron chi connectivity index (χ0n) is 13.8. The minimum absolute atomic E-state index is 0. The Kier molecular flexibility index (Phi) is 8.52. The molecule has 1 amide bonds. The lowest BCUT2D eigenvalue weighted by molar-refractivity contribution is -0.122. The van der Waals surface area contributed by atoms with Crippen molar-refractivity contribution in [3.8, 4) is 5.75 Å². The molecule has 136 valence electrons. The van der Waals surface area contributed by atoms with E-state index in [0.29, 0.717) is 25.2 Å². The number of piperidine rings is 1. The lowest BCUT2D eigenvalue weighted by Gasteiger charge is -2.23. The van der Waals surface area contributed by atoms with Gasteiger partial charge in [-0.25, -0.2) is 8.42 Å². The molecule has 1 aliphatic rings. The van der Waals surface area contributed by atoms with Crippen LogP contribution in [0.2, 0.25) is 0 Å². The van der Waals surface area contributed by atoms with E-state index in [2.05, 4.69) is 10.6 Å². The van der Waals surface area contributed by atoms with E-state index >= 15 is 0 Å². The van der Waals surface area contributed by atoms with Gasteiger partial charge in [-0.1, -0.05) is 0 Å². The standard InChI is InChI=1S/C16H24N2O4S.ClH/c1-23(20,21)15-8-6-14(7-9-15)22-11-3-5-16(19)18-13-4-2-10-17-12-13;/h6-9,13,17H,2-5,10-12H2,1H3,(H,18,19);1H. The second-order valence-corrected chi connectivity index (χ2v) is 7.82. The maximum absolute atomic E-state index is 11.8. The number of carbonyl (C=O) groups excluding carboxylic acids is 1. The molecule has 1 aromatic carbocycles. The van der Waals surface area contributed by atoms with Gasteiger partial charge in [-0.15, -0.1) is 12.4 Å². The quantitative estimate of drug-likeness (QED) is 0.705. The summed E-state index contributed by atoms with van der Waals surface area (Å²) in [4.78, 5) is 12.1. The molecule has 0 radical (unpaired) electrons. The monoisotopic (exact) mass is 376 g/mol. The van der Waals surface area contributed by atoms with Gasteiger partial charge < -0.3 is 15.4 Å². The van der Waals surface area contributed by atoms with Crippen molar-refractivity contribution in [2.24, 2.45) is 0 Å². The summed E-state index contributed by atoms with van der Waals surface area (Å²) in [7, 11) is -3.18. The molecule has 1 saturated heterocycles. The van der Waals surface area contributed by atoms with E-state index < -0.39 is 9.84 Å². The van der Waals surface area contributed by atoms with Gasteiger partial charge in [0.15, 0.2) is 9.84 Å². The Morgan fingerprint density at radius 3 is 2.62 bits per heavy atom. The largest absolute Gasteiger partial charge is 0.494 e. The first-order valence-electron chi connectivity index (χ1n) is 7.88. The summed E-state index contributed by atoms with van der Waals surface area (Å²) in [5, 5.41) is 6.28. The Bertz CT molecular complexity index is 613. The average Bonchev–Trinajstić information content (AvgIpc) is 2.52. The molecule has 1 aromatic rings. The predicted octanol–water partition coefficient (Wildman–Crippen LogP) is 1.54. The third-order valence-electron chi connectivity index (χ3n) is 3.73. The van der Waals surface area contributed by atoms with Gasteiger partial charge in [0.1, 0.15) is 5.75 Å². The van der Waals surface area contributed by atoms with Crippen LogP contribution in [0.15, 0.2) is 29.2 Å². The Morgan fingerprint density at radius 2 is 2.04 bits per heavy atom. The molecule has 1 unspecified atom stereocenters. The van der Waals surface area contributed by atoms with Crippen LogP contribution in [-0.4, -0.2) is 46.3 Å². The fraction of sp³-hybridized carbons (Fsp3) is 0.562. The summed E-state index contributed by atoms with van der Waals surface area (Å²) in [6.07, 6.45) is 4.35. The fourth-order valence-corrected chi connectivity index (χ4v) is 3.11. The molecule has 2 N–H and O–H groups in total. The van der Waals surface area contributed by atoms with Crippen molar-refractivity contribution in [3.63, 3.8) is 0 Å². The molecule has 0 spiro atoms. The Balaban J connectivity index is 0.00000288. The third-order valence-corrected chi connectivity index (χ3v) is 4.86. The highest BCUT2D eigenvalue weighted by atomic mass is 35.5. The van der Waals surface area contributed by atoms with Crippen LogP contribution in [0.25, 0.3) is 0 Å². The second kappa shape index (κ2) is 9.86. The highest BCUT2D eigenvalue weighted by Crippen LogP contribution is 2.16. The molecule has 6 nitrogen and oxygen atoms in total. The molecule has 0 bridgehead atoms. The molecule has 8 heteroatoms. The number of nitrogens with one attached hydrogen (secondary N) is 2. The summed E-state index contributed by atoms with van der Waals surface area (Å²) >= 11 is 0. The van der Waals surface area contributed by atoms with Gasteiger partial charge in [-0.2, -0.15) is 0 Å². The Hall–Kier alpha value is -1.31. The maximum atomic E-state index is 11.8. The summed E-state index contributed by atoms with van der Waals surface area (Å²) < 4.78 is 28.2. The number of ether oxygens (including phenoxy) is 1. The highest BCUT2D eigenvalue weighted by molar-refractivity contribution is 7.90. The van der Waals surface area contributed by atoms with Gasteiger partial charge in [0, 0.05) is 25.3 Å². The normalized spacial score (nSPS) is 17.6. The van der Waals surface area contributed by atoms with Gasteiger partial charge in [-0.05, 0) is 50.1 Å². The predicted molar refractivity (Wildman–Crippen MR) is 95.6 cm³/mol. The van der Waals surface area contributed by atoms with Crippen LogP contribution in [0, 0.1) is 0 Å². The first-order chi connectivity index (χ1) is 10.9. The number of rotatable bonds is 7. The molecular formula is C16H25ClN2O4S. The van der Waals surface area contributed by atoms with Crippen LogP contribution in [0.4, 0.5) is 0 Å². The number of carbonyl (C=O) groups is 1. The maximum Gasteiger partial charge on any atom is 0.220 e. The minimum Gasteiger partial charge on any atom is -0.494 e. The van der Waals surface area contributed by atoms with Crippen molar-refractivity contribution in [1.82, 2.24) is 10.6 Å². The van der Waals surface area contributed by atoms with Crippen molar-refractivity contribution in [2.75, 3.05) is 26.0 Å².